The average molecular weight is 393 g/mol. The van der Waals surface area contributed by atoms with Crippen LogP contribution in [0.3, 0.4) is 0 Å². The van der Waals surface area contributed by atoms with Crippen molar-refractivity contribution < 1.29 is 13.2 Å². The van der Waals surface area contributed by atoms with Gasteiger partial charge in [0.2, 0.25) is 5.91 Å². The van der Waals surface area contributed by atoms with Crippen molar-refractivity contribution in [3.63, 3.8) is 0 Å². The first-order chi connectivity index (χ1) is 12.4. The topological polar surface area (TPSA) is 67.3 Å². The molecule has 3 rings (SSSR count). The summed E-state index contributed by atoms with van der Waals surface area (Å²) in [4.78, 5) is 18.8. The van der Waals surface area contributed by atoms with Gasteiger partial charge in [-0.05, 0) is 42.2 Å². The van der Waals surface area contributed by atoms with Crippen LogP contribution in [0, 0.1) is 5.92 Å². The van der Waals surface area contributed by atoms with E-state index >= 15 is 0 Å². The molecule has 0 spiro atoms. The van der Waals surface area contributed by atoms with E-state index in [1.807, 2.05) is 36.4 Å². The maximum atomic E-state index is 12.9. The number of hydrogen-bond donors (Lipinski definition) is 0. The number of halogens is 1. The Kier molecular flexibility index (Phi) is 5.94. The zero-order chi connectivity index (χ0) is 18.6. The fourth-order valence-electron chi connectivity index (χ4n) is 3.14. The first-order valence-electron chi connectivity index (χ1n) is 8.55. The minimum absolute atomic E-state index is 0.0453. The molecule has 0 aliphatic carbocycles. The third-order valence-corrected chi connectivity index (χ3v) is 6.59. The summed E-state index contributed by atoms with van der Waals surface area (Å²) in [6, 6.07) is 11.3. The first-order valence-corrected chi connectivity index (χ1v) is 10.8. The fraction of sp³-hybridized carbons (Fsp3) is 0.368. The van der Waals surface area contributed by atoms with Gasteiger partial charge in [-0.25, -0.2) is 8.42 Å². The van der Waals surface area contributed by atoms with Crippen LogP contribution in [0.2, 0.25) is 5.02 Å². The summed E-state index contributed by atoms with van der Waals surface area (Å²) in [7, 11) is -3.09. The Morgan fingerprint density at radius 1 is 1.19 bits per heavy atom. The summed E-state index contributed by atoms with van der Waals surface area (Å²) in [6.07, 6.45) is 4.51. The van der Waals surface area contributed by atoms with Crippen LogP contribution in [0.5, 0.6) is 0 Å². The third-order valence-electron chi connectivity index (χ3n) is 4.57. The van der Waals surface area contributed by atoms with Crippen LogP contribution in [0.1, 0.15) is 17.5 Å². The molecule has 0 bridgehead atoms. The van der Waals surface area contributed by atoms with Crippen molar-refractivity contribution in [1.29, 1.82) is 0 Å². The monoisotopic (exact) mass is 392 g/mol. The molecule has 0 saturated carbocycles. The van der Waals surface area contributed by atoms with E-state index in [0.717, 1.165) is 11.1 Å². The number of nitrogens with zero attached hydrogens (tertiary/aromatic N) is 2. The van der Waals surface area contributed by atoms with Gasteiger partial charge in [0.05, 0.1) is 17.4 Å². The van der Waals surface area contributed by atoms with Gasteiger partial charge < -0.3 is 4.90 Å². The van der Waals surface area contributed by atoms with Crippen LogP contribution in [0.25, 0.3) is 0 Å². The van der Waals surface area contributed by atoms with Crippen LogP contribution in [-0.2, 0) is 27.6 Å². The second-order valence-electron chi connectivity index (χ2n) is 6.60. The van der Waals surface area contributed by atoms with E-state index in [0.29, 0.717) is 31.0 Å². The van der Waals surface area contributed by atoms with Crippen LogP contribution >= 0.6 is 11.6 Å². The number of carbonyl (C=O) groups excluding carboxylic acids is 1. The molecule has 2 heterocycles. The Morgan fingerprint density at radius 3 is 2.58 bits per heavy atom. The predicted molar refractivity (Wildman–Crippen MR) is 102 cm³/mol. The molecule has 1 atom stereocenters. The summed E-state index contributed by atoms with van der Waals surface area (Å²) in [5.74, 6) is -0.483. The predicted octanol–water partition coefficient (Wildman–Crippen LogP) is 2.74. The largest absolute Gasteiger partial charge is 0.338 e. The molecule has 1 aliphatic rings. The highest BCUT2D eigenvalue weighted by molar-refractivity contribution is 7.91. The van der Waals surface area contributed by atoms with Crippen LogP contribution in [0.15, 0.2) is 48.8 Å². The molecule has 1 aliphatic heterocycles. The number of hydrogen-bond acceptors (Lipinski definition) is 4. The molecule has 7 heteroatoms. The van der Waals surface area contributed by atoms with E-state index in [1.54, 1.807) is 17.3 Å². The van der Waals surface area contributed by atoms with E-state index in [-0.39, 0.29) is 17.4 Å². The molecule has 26 heavy (non-hydrogen) atoms. The van der Waals surface area contributed by atoms with Gasteiger partial charge in [-0.2, -0.15) is 0 Å². The number of aromatic nitrogens is 1. The minimum atomic E-state index is -3.09. The summed E-state index contributed by atoms with van der Waals surface area (Å²) in [5.41, 5.74) is 2.01. The van der Waals surface area contributed by atoms with Crippen molar-refractivity contribution in [3.05, 3.63) is 64.9 Å². The summed E-state index contributed by atoms with van der Waals surface area (Å²) in [5, 5.41) is 0.674. The van der Waals surface area contributed by atoms with Gasteiger partial charge in [-0.15, -0.1) is 0 Å². The normalized spacial score (nSPS) is 18.6. The van der Waals surface area contributed by atoms with E-state index in [2.05, 4.69) is 4.98 Å². The molecule has 0 radical (unpaired) electrons. The molecule has 1 aromatic heterocycles. The Labute approximate surface area is 158 Å². The number of benzene rings is 1. The first kappa shape index (κ1) is 18.9. The molecule has 2 aromatic rings. The van der Waals surface area contributed by atoms with Crippen molar-refractivity contribution in [1.82, 2.24) is 9.88 Å². The quantitative estimate of drug-likeness (QED) is 0.758. The molecule has 1 aromatic carbocycles. The molecule has 5 nitrogen and oxygen atoms in total. The van der Waals surface area contributed by atoms with Crippen LogP contribution in [0.4, 0.5) is 0 Å². The highest BCUT2D eigenvalue weighted by atomic mass is 35.5. The maximum absolute atomic E-state index is 12.9. The molecular formula is C19H21ClN2O3S. The molecule has 0 N–H and O–H groups in total. The lowest BCUT2D eigenvalue weighted by molar-refractivity contribution is -0.135. The summed E-state index contributed by atoms with van der Waals surface area (Å²) < 4.78 is 23.5. The Hall–Kier alpha value is -1.92. The molecule has 138 valence electrons. The highest BCUT2D eigenvalue weighted by Gasteiger charge is 2.35. The molecule has 1 fully saturated rings. The van der Waals surface area contributed by atoms with Crippen molar-refractivity contribution in [2.75, 3.05) is 18.1 Å². The number of sulfone groups is 1. The maximum Gasteiger partial charge on any atom is 0.227 e. The highest BCUT2D eigenvalue weighted by Crippen LogP contribution is 2.22. The van der Waals surface area contributed by atoms with Crippen LogP contribution in [-0.4, -0.2) is 42.3 Å². The van der Waals surface area contributed by atoms with Crippen molar-refractivity contribution >= 4 is 27.3 Å². The lowest BCUT2D eigenvalue weighted by Crippen LogP contribution is -2.37. The van der Waals surface area contributed by atoms with E-state index in [9.17, 15) is 13.2 Å². The lowest BCUT2D eigenvalue weighted by Gasteiger charge is -2.25. The van der Waals surface area contributed by atoms with Gasteiger partial charge in [0.15, 0.2) is 9.84 Å². The van der Waals surface area contributed by atoms with E-state index in [4.69, 9.17) is 11.6 Å². The summed E-state index contributed by atoms with van der Waals surface area (Å²) >= 11 is 5.92. The van der Waals surface area contributed by atoms with E-state index in [1.165, 1.54) is 0 Å². The van der Waals surface area contributed by atoms with E-state index < -0.39 is 15.8 Å². The zero-order valence-corrected chi connectivity index (χ0v) is 15.9. The number of rotatable bonds is 6. The third kappa shape index (κ3) is 5.05. The number of pyridine rings is 1. The van der Waals surface area contributed by atoms with Gasteiger partial charge in [-0.3, -0.25) is 9.78 Å². The summed E-state index contributed by atoms with van der Waals surface area (Å²) in [6.45, 7) is 0.947. The van der Waals surface area contributed by atoms with Crippen molar-refractivity contribution in [2.24, 2.45) is 5.92 Å². The van der Waals surface area contributed by atoms with Gasteiger partial charge in [0.1, 0.15) is 0 Å². The molecular weight excluding hydrogens is 372 g/mol. The average Bonchev–Trinajstić information content (AvgIpc) is 3.00. The lowest BCUT2D eigenvalue weighted by atomic mass is 10.1. The molecule has 1 saturated heterocycles. The van der Waals surface area contributed by atoms with Gasteiger partial charge in [0.25, 0.3) is 0 Å². The molecule has 1 amide bonds. The Balaban J connectivity index is 1.72. The Morgan fingerprint density at radius 2 is 1.96 bits per heavy atom. The number of amides is 1. The SMILES string of the molecule is O=C([C@H]1CCS(=O)(=O)C1)N(CCc1ccc(Cl)cc1)Cc1cccnc1. The van der Waals surface area contributed by atoms with Crippen molar-refractivity contribution in [3.8, 4) is 0 Å². The number of carbonyl (C=O) groups is 1. The minimum Gasteiger partial charge on any atom is -0.338 e. The fourth-order valence-corrected chi connectivity index (χ4v) is 5.00. The zero-order valence-electron chi connectivity index (χ0n) is 14.3. The van der Waals surface area contributed by atoms with Gasteiger partial charge in [0, 0.05) is 30.5 Å². The van der Waals surface area contributed by atoms with Crippen molar-refractivity contribution in [2.45, 2.75) is 19.4 Å². The van der Waals surface area contributed by atoms with Gasteiger partial charge >= 0.3 is 0 Å². The molecule has 0 unspecified atom stereocenters. The van der Waals surface area contributed by atoms with Gasteiger partial charge in [-0.1, -0.05) is 29.8 Å². The second kappa shape index (κ2) is 8.18. The Bertz CT molecular complexity index is 854. The second-order valence-corrected chi connectivity index (χ2v) is 9.26. The van der Waals surface area contributed by atoms with Crippen LogP contribution < -0.4 is 0 Å². The standard InChI is InChI=1S/C19H21ClN2O3S/c20-18-5-3-15(4-6-18)7-10-22(13-16-2-1-9-21-12-16)19(23)17-8-11-26(24,25)14-17/h1-6,9,12,17H,7-8,10-11,13-14H2/t17-/m0/s1. The smallest absolute Gasteiger partial charge is 0.227 e.